The van der Waals surface area contributed by atoms with Crippen LogP contribution in [0.3, 0.4) is 0 Å². The van der Waals surface area contributed by atoms with Gasteiger partial charge in [-0.25, -0.2) is 0 Å². The molecule has 50 heavy (non-hydrogen) atoms. The van der Waals surface area contributed by atoms with E-state index >= 15 is 0 Å². The van der Waals surface area contributed by atoms with E-state index in [0.717, 1.165) is 0 Å². The summed E-state index contributed by atoms with van der Waals surface area (Å²) >= 11 is 7.45. The third-order valence-corrected chi connectivity index (χ3v) is 9.53. The number of rotatable bonds is 10. The van der Waals surface area contributed by atoms with Gasteiger partial charge >= 0.3 is 0 Å². The lowest BCUT2D eigenvalue weighted by Gasteiger charge is -2.21. The summed E-state index contributed by atoms with van der Waals surface area (Å²) in [5.41, 5.74) is 2.80. The number of hydrogen-bond donors (Lipinski definition) is 3. The van der Waals surface area contributed by atoms with Crippen molar-refractivity contribution in [2.75, 3.05) is 10.6 Å². The number of ketones is 2. The first-order chi connectivity index (χ1) is 24.2. The van der Waals surface area contributed by atoms with Crippen LogP contribution in [0.15, 0.2) is 132 Å². The van der Waals surface area contributed by atoms with E-state index in [2.05, 4.69) is 16.0 Å². The van der Waals surface area contributed by atoms with Gasteiger partial charge in [0.2, 0.25) is 5.91 Å². The number of halogens is 1. The molecule has 1 atom stereocenters. The average Bonchev–Trinajstić information content (AvgIpc) is 3.13. The minimum Gasteiger partial charge on any atom is -0.324 e. The van der Waals surface area contributed by atoms with Gasteiger partial charge in [0.1, 0.15) is 5.70 Å². The maximum atomic E-state index is 13.6. The summed E-state index contributed by atoms with van der Waals surface area (Å²) in [5.74, 6) is -1.94. The van der Waals surface area contributed by atoms with Crippen molar-refractivity contribution in [3.05, 3.63) is 165 Å². The number of carbonyl (C=O) groups excluding carboxylic acids is 5. The van der Waals surface area contributed by atoms with Crippen molar-refractivity contribution < 1.29 is 24.0 Å². The highest BCUT2D eigenvalue weighted by atomic mass is 35.5. The van der Waals surface area contributed by atoms with Crippen molar-refractivity contribution in [2.24, 2.45) is 0 Å². The van der Waals surface area contributed by atoms with Crippen LogP contribution in [0.4, 0.5) is 11.4 Å². The Morgan fingerprint density at radius 3 is 2.16 bits per heavy atom. The minimum absolute atomic E-state index is 0.00633. The van der Waals surface area contributed by atoms with Crippen molar-refractivity contribution in [2.45, 2.75) is 23.5 Å². The Morgan fingerprint density at radius 2 is 1.42 bits per heavy atom. The molecule has 0 spiro atoms. The zero-order valence-corrected chi connectivity index (χ0v) is 28.3. The highest BCUT2D eigenvalue weighted by Gasteiger charge is 2.32. The molecular weight excluding hydrogens is 670 g/mol. The van der Waals surface area contributed by atoms with Gasteiger partial charge in [0, 0.05) is 37.9 Å². The molecule has 10 heteroatoms. The zero-order valence-electron chi connectivity index (χ0n) is 26.7. The van der Waals surface area contributed by atoms with Crippen LogP contribution < -0.4 is 16.0 Å². The Morgan fingerprint density at radius 1 is 0.740 bits per heavy atom. The summed E-state index contributed by atoms with van der Waals surface area (Å²) in [4.78, 5) is 67.5. The smallest absolute Gasteiger partial charge is 0.272 e. The van der Waals surface area contributed by atoms with Crippen molar-refractivity contribution in [3.8, 4) is 0 Å². The van der Waals surface area contributed by atoms with E-state index in [4.69, 9.17) is 11.6 Å². The van der Waals surface area contributed by atoms with Crippen LogP contribution in [0, 0.1) is 0 Å². The minimum atomic E-state index is -0.568. The van der Waals surface area contributed by atoms with Crippen LogP contribution in [-0.2, 0) is 9.59 Å². The largest absolute Gasteiger partial charge is 0.324 e. The fraction of sp³-hybridized carbons (Fsp3) is 0.0750. The molecule has 0 bridgehead atoms. The Balaban J connectivity index is 1.18. The predicted octanol–water partition coefficient (Wildman–Crippen LogP) is 8.03. The number of anilines is 2. The second-order valence-corrected chi connectivity index (χ2v) is 13.1. The van der Waals surface area contributed by atoms with Crippen LogP contribution >= 0.6 is 23.4 Å². The second-order valence-electron chi connectivity index (χ2n) is 11.4. The molecule has 6 rings (SSSR count). The number of benzene rings is 5. The predicted molar refractivity (Wildman–Crippen MR) is 197 cm³/mol. The number of hydrogen-bond acceptors (Lipinski definition) is 6. The molecule has 3 N–H and O–H groups in total. The summed E-state index contributed by atoms with van der Waals surface area (Å²) in [6.45, 7) is 1.87. The van der Waals surface area contributed by atoms with Gasteiger partial charge in [-0.1, -0.05) is 91.3 Å². The molecule has 0 fully saturated rings. The fourth-order valence-electron chi connectivity index (χ4n) is 5.50. The van der Waals surface area contributed by atoms with E-state index in [9.17, 15) is 24.0 Å². The molecule has 0 aliphatic heterocycles. The molecule has 0 saturated heterocycles. The van der Waals surface area contributed by atoms with Crippen molar-refractivity contribution in [3.63, 3.8) is 0 Å². The van der Waals surface area contributed by atoms with Crippen molar-refractivity contribution in [1.82, 2.24) is 5.32 Å². The lowest BCUT2D eigenvalue weighted by molar-refractivity contribution is -0.116. The lowest BCUT2D eigenvalue weighted by atomic mass is 9.83. The molecule has 248 valence electrons. The van der Waals surface area contributed by atoms with E-state index in [1.165, 1.54) is 17.8 Å². The second kappa shape index (κ2) is 15.2. The lowest BCUT2D eigenvalue weighted by Crippen LogP contribution is -2.30. The average molecular weight is 700 g/mol. The Bertz CT molecular complexity index is 2180. The van der Waals surface area contributed by atoms with Crippen LogP contribution in [0.25, 0.3) is 6.08 Å². The number of carbonyl (C=O) groups is 5. The highest BCUT2D eigenvalue weighted by Crippen LogP contribution is 2.34. The van der Waals surface area contributed by atoms with Crippen LogP contribution in [-0.4, -0.2) is 34.5 Å². The van der Waals surface area contributed by atoms with Gasteiger partial charge < -0.3 is 16.0 Å². The van der Waals surface area contributed by atoms with Gasteiger partial charge in [-0.15, -0.1) is 11.8 Å². The van der Waals surface area contributed by atoms with Crippen LogP contribution in [0.5, 0.6) is 0 Å². The van der Waals surface area contributed by atoms with E-state index in [1.54, 1.807) is 115 Å². The number of nitrogens with one attached hydrogen (secondary N) is 3. The summed E-state index contributed by atoms with van der Waals surface area (Å²) in [6.07, 6.45) is 1.99. The molecule has 0 heterocycles. The number of thioether (sulfide) groups is 1. The first kappa shape index (κ1) is 34.1. The molecule has 5 aromatic carbocycles. The van der Waals surface area contributed by atoms with Crippen LogP contribution in [0.2, 0.25) is 5.02 Å². The third kappa shape index (κ3) is 7.59. The fourth-order valence-corrected chi connectivity index (χ4v) is 6.71. The first-order valence-electron chi connectivity index (χ1n) is 15.8. The van der Waals surface area contributed by atoms with E-state index in [-0.39, 0.29) is 40.0 Å². The van der Waals surface area contributed by atoms with Gasteiger partial charge in [-0.05, 0) is 66.6 Å². The molecule has 8 nitrogen and oxygen atoms in total. The van der Waals surface area contributed by atoms with E-state index in [0.29, 0.717) is 44.3 Å². The maximum absolute atomic E-state index is 13.6. The van der Waals surface area contributed by atoms with Gasteiger partial charge in [0.05, 0.1) is 16.5 Å². The van der Waals surface area contributed by atoms with Crippen LogP contribution in [0.1, 0.15) is 61.1 Å². The molecular formula is C40H30ClN3O5S. The summed E-state index contributed by atoms with van der Waals surface area (Å²) in [5, 5.41) is 8.35. The number of fused-ring (bicyclic) bond motifs is 2. The Kier molecular flexibility index (Phi) is 10.4. The molecule has 5 aromatic rings. The monoisotopic (exact) mass is 699 g/mol. The Hall–Kier alpha value is -5.77. The van der Waals surface area contributed by atoms with Crippen molar-refractivity contribution >= 4 is 70.1 Å². The molecule has 1 aliphatic rings. The third-order valence-electron chi connectivity index (χ3n) is 7.93. The van der Waals surface area contributed by atoms with Crippen molar-refractivity contribution in [1.29, 1.82) is 0 Å². The van der Waals surface area contributed by atoms with Gasteiger partial charge in [0.15, 0.2) is 11.6 Å². The maximum Gasteiger partial charge on any atom is 0.272 e. The summed E-state index contributed by atoms with van der Waals surface area (Å²) < 4.78 is 0. The summed E-state index contributed by atoms with van der Waals surface area (Å²) in [7, 11) is 0. The molecule has 0 saturated carbocycles. The Labute approximate surface area is 297 Å². The van der Waals surface area contributed by atoms with E-state index < -0.39 is 17.1 Å². The molecule has 1 unspecified atom stereocenters. The van der Waals surface area contributed by atoms with Gasteiger partial charge in [0.25, 0.3) is 11.8 Å². The molecule has 0 aromatic heterocycles. The standard InChI is InChI=1S/C40H30ClN3O5S/c1-2-34(40(49)43-32-20-10-19-31-35(32)37(46)30-18-7-6-17-29(30)36(31)45)50-28-16-9-15-27(23-28)42-39(48)33(22-24-11-8-14-26(41)21-24)44-38(47)25-12-4-3-5-13-25/h3-23,34H,2H2,1H3,(H,42,48)(H,43,49)(H,44,47)/b33-22+. The quantitative estimate of drug-likeness (QED) is 0.0983. The topological polar surface area (TPSA) is 121 Å². The normalized spacial score (nSPS) is 12.7. The first-order valence-corrected chi connectivity index (χ1v) is 17.0. The zero-order chi connectivity index (χ0) is 35.2. The molecule has 0 radical (unpaired) electrons. The molecule has 3 amide bonds. The van der Waals surface area contributed by atoms with Gasteiger partial charge in [-0.3, -0.25) is 24.0 Å². The van der Waals surface area contributed by atoms with E-state index in [1.807, 2.05) is 13.0 Å². The highest BCUT2D eigenvalue weighted by molar-refractivity contribution is 8.00. The number of amides is 3. The van der Waals surface area contributed by atoms with Gasteiger partial charge in [-0.2, -0.15) is 0 Å². The summed E-state index contributed by atoms with van der Waals surface area (Å²) in [6, 6.07) is 34.0. The molecule has 1 aliphatic carbocycles. The SMILES string of the molecule is CCC(Sc1cccc(NC(=O)/C(=C\c2cccc(Cl)c2)NC(=O)c2ccccc2)c1)C(=O)Nc1cccc2c1C(=O)c1ccccc1C2=O.